The van der Waals surface area contributed by atoms with E-state index in [0.717, 1.165) is 58.8 Å². The van der Waals surface area contributed by atoms with Gasteiger partial charge in [0.1, 0.15) is 35.7 Å². The van der Waals surface area contributed by atoms with Crippen molar-refractivity contribution >= 4 is 62.1 Å². The number of aryl methyl sites for hydroxylation is 1. The third-order valence-electron chi connectivity index (χ3n) is 8.41. The fourth-order valence-corrected chi connectivity index (χ4v) is 8.09. The van der Waals surface area contributed by atoms with E-state index in [1.807, 2.05) is 79.1 Å². The molecular formula is C41H58N2O8S3. The SMILES string of the molecule is CSCCCC(=O)Cc1cccc(CCC(O)[C@H](O)[C@H](O)C(O)CO)c1.Nc1cccc(CC(=O)CCCSSCCCC(=O)Cc2cccc(N)c2)c1. The molecule has 3 aromatic carbocycles. The Morgan fingerprint density at radius 1 is 0.593 bits per heavy atom. The van der Waals surface area contributed by atoms with Gasteiger partial charge in [0, 0.05) is 61.4 Å². The first-order valence-corrected chi connectivity index (χ1v) is 22.2. The van der Waals surface area contributed by atoms with Crippen LogP contribution in [-0.2, 0) is 40.1 Å². The highest BCUT2D eigenvalue weighted by Crippen LogP contribution is 2.24. The minimum Gasteiger partial charge on any atom is -0.399 e. The highest BCUT2D eigenvalue weighted by atomic mass is 33.1. The number of anilines is 2. The summed E-state index contributed by atoms with van der Waals surface area (Å²) in [5, 5.41) is 47.5. The van der Waals surface area contributed by atoms with Gasteiger partial charge in [-0.25, -0.2) is 0 Å². The number of nitrogens with two attached hydrogens (primary N) is 2. The van der Waals surface area contributed by atoms with E-state index in [1.165, 1.54) is 0 Å². The second kappa shape index (κ2) is 27.7. The molecular weight excluding hydrogens is 745 g/mol. The maximum Gasteiger partial charge on any atom is 0.137 e. The molecule has 0 aliphatic heterocycles. The lowest BCUT2D eigenvalue weighted by atomic mass is 9.96. The molecule has 0 aromatic heterocycles. The molecule has 3 aromatic rings. The van der Waals surface area contributed by atoms with Crippen LogP contribution < -0.4 is 11.5 Å². The molecule has 13 heteroatoms. The minimum absolute atomic E-state index is 0.182. The molecule has 0 amide bonds. The first-order valence-electron chi connectivity index (χ1n) is 18.3. The minimum atomic E-state index is -1.61. The van der Waals surface area contributed by atoms with Crippen molar-refractivity contribution in [1.29, 1.82) is 0 Å². The number of nitrogen functional groups attached to an aromatic ring is 2. The first-order chi connectivity index (χ1) is 25.9. The Kier molecular flexibility index (Phi) is 24.2. The van der Waals surface area contributed by atoms with Gasteiger partial charge in [-0.1, -0.05) is 70.1 Å². The third-order valence-corrected chi connectivity index (χ3v) is 11.7. The van der Waals surface area contributed by atoms with Gasteiger partial charge in [0.05, 0.1) is 12.7 Å². The van der Waals surface area contributed by atoms with Gasteiger partial charge in [0.25, 0.3) is 0 Å². The van der Waals surface area contributed by atoms with Crippen LogP contribution in [0.1, 0.15) is 67.2 Å². The molecule has 0 saturated heterocycles. The fourth-order valence-electron chi connectivity index (χ4n) is 5.49. The van der Waals surface area contributed by atoms with Crippen LogP contribution in [0.5, 0.6) is 0 Å². The van der Waals surface area contributed by atoms with Gasteiger partial charge < -0.3 is 37.0 Å². The molecule has 10 nitrogen and oxygen atoms in total. The molecule has 0 aliphatic rings. The summed E-state index contributed by atoms with van der Waals surface area (Å²) < 4.78 is 0. The van der Waals surface area contributed by atoms with Gasteiger partial charge in [-0.2, -0.15) is 11.8 Å². The van der Waals surface area contributed by atoms with E-state index in [9.17, 15) is 34.8 Å². The van der Waals surface area contributed by atoms with Crippen LogP contribution in [0.3, 0.4) is 0 Å². The molecule has 0 saturated carbocycles. The van der Waals surface area contributed by atoms with Crippen LogP contribution in [0.4, 0.5) is 11.4 Å². The lowest BCUT2D eigenvalue weighted by Gasteiger charge is -2.25. The van der Waals surface area contributed by atoms with E-state index in [2.05, 4.69) is 0 Å². The number of aliphatic hydroxyl groups is 5. The van der Waals surface area contributed by atoms with Crippen molar-refractivity contribution in [2.24, 2.45) is 0 Å². The van der Waals surface area contributed by atoms with E-state index in [0.29, 0.717) is 56.3 Å². The van der Waals surface area contributed by atoms with Crippen LogP contribution in [0.2, 0.25) is 0 Å². The lowest BCUT2D eigenvalue weighted by Crippen LogP contribution is -2.45. The molecule has 298 valence electrons. The van der Waals surface area contributed by atoms with Crippen molar-refractivity contribution in [3.8, 4) is 0 Å². The normalized spacial score (nSPS) is 13.3. The van der Waals surface area contributed by atoms with Gasteiger partial charge in [-0.05, 0) is 90.6 Å². The van der Waals surface area contributed by atoms with Crippen LogP contribution >= 0.6 is 33.3 Å². The number of rotatable bonds is 26. The molecule has 54 heavy (non-hydrogen) atoms. The van der Waals surface area contributed by atoms with E-state index < -0.39 is 31.0 Å². The molecule has 2 unspecified atom stereocenters. The molecule has 3 rings (SSSR count). The summed E-state index contributed by atoms with van der Waals surface area (Å²) >= 11 is 1.73. The standard InChI is InChI=1S/C22H28N2O2S2.C19H30O6S/c23-19-7-1-5-17(13-19)15-21(25)9-3-11-27-28-12-4-10-22(26)16-18-6-2-8-20(24)14-18;1-26-9-3-6-15(21)11-14-5-2-4-13(10-14)7-8-16(22)18(24)19(25)17(23)12-20/h1-2,5-8,13-14H,3-4,9-12,15-16,23-24H2;2,4-5,10,16-20,22-25H,3,6-9,11-12H2,1H3/t;16?,17?,18-,19+/m.0/s1. The number of carbonyl (C=O) groups is 3. The van der Waals surface area contributed by atoms with Crippen LogP contribution in [0.25, 0.3) is 0 Å². The Bertz CT molecular complexity index is 1480. The van der Waals surface area contributed by atoms with Crippen LogP contribution in [0, 0.1) is 0 Å². The molecule has 0 radical (unpaired) electrons. The number of thioether (sulfide) groups is 1. The first kappa shape index (κ1) is 47.3. The Morgan fingerprint density at radius 3 is 1.44 bits per heavy atom. The topological polar surface area (TPSA) is 204 Å². The average Bonchev–Trinajstić information content (AvgIpc) is 3.14. The number of benzene rings is 3. The molecule has 0 bridgehead atoms. The highest BCUT2D eigenvalue weighted by molar-refractivity contribution is 8.76. The smallest absolute Gasteiger partial charge is 0.137 e. The summed E-state index contributed by atoms with van der Waals surface area (Å²) in [6, 6.07) is 22.5. The Morgan fingerprint density at radius 2 is 1.00 bits per heavy atom. The second-order valence-electron chi connectivity index (χ2n) is 13.2. The van der Waals surface area contributed by atoms with E-state index in [1.54, 1.807) is 33.3 Å². The highest BCUT2D eigenvalue weighted by Gasteiger charge is 2.29. The van der Waals surface area contributed by atoms with Gasteiger partial charge in [0.15, 0.2) is 0 Å². The molecule has 0 heterocycles. The van der Waals surface area contributed by atoms with Gasteiger partial charge in [-0.3, -0.25) is 14.4 Å². The lowest BCUT2D eigenvalue weighted by molar-refractivity contribution is -0.119. The zero-order valence-electron chi connectivity index (χ0n) is 31.2. The number of hydrogen-bond acceptors (Lipinski definition) is 13. The van der Waals surface area contributed by atoms with Crippen molar-refractivity contribution in [2.45, 2.75) is 95.0 Å². The maximum atomic E-state index is 12.0. The number of ketones is 3. The monoisotopic (exact) mass is 802 g/mol. The number of carbonyl (C=O) groups excluding carboxylic acids is 3. The Hall–Kier alpha value is -2.88. The molecule has 4 atom stereocenters. The average molecular weight is 803 g/mol. The van der Waals surface area contributed by atoms with E-state index >= 15 is 0 Å². The Balaban J connectivity index is 0.000000375. The van der Waals surface area contributed by atoms with E-state index in [-0.39, 0.29) is 23.8 Å². The quantitative estimate of drug-likeness (QED) is 0.0324. The number of aliphatic hydroxyl groups excluding tert-OH is 5. The van der Waals surface area contributed by atoms with Gasteiger partial charge >= 0.3 is 0 Å². The van der Waals surface area contributed by atoms with Gasteiger partial charge in [-0.15, -0.1) is 0 Å². The van der Waals surface area contributed by atoms with Crippen LogP contribution in [0.15, 0.2) is 72.8 Å². The fraction of sp³-hybridized carbons (Fsp3) is 0.488. The van der Waals surface area contributed by atoms with Gasteiger partial charge in [0.2, 0.25) is 0 Å². The van der Waals surface area contributed by atoms with Crippen molar-refractivity contribution in [3.63, 3.8) is 0 Å². The predicted octanol–water partition coefficient (Wildman–Crippen LogP) is 5.03. The zero-order valence-corrected chi connectivity index (χ0v) is 33.6. The maximum absolute atomic E-state index is 12.0. The Labute approximate surface area is 332 Å². The summed E-state index contributed by atoms with van der Waals surface area (Å²) in [6.07, 6.45) is 2.47. The largest absolute Gasteiger partial charge is 0.399 e. The summed E-state index contributed by atoms with van der Waals surface area (Å²) in [5.41, 5.74) is 16.7. The third kappa shape index (κ3) is 20.7. The molecule has 0 fully saturated rings. The molecule has 9 N–H and O–H groups in total. The molecule has 0 spiro atoms. The van der Waals surface area contributed by atoms with Crippen LogP contribution in [-0.4, -0.2) is 97.4 Å². The summed E-state index contributed by atoms with van der Waals surface area (Å²) in [7, 11) is 3.56. The van der Waals surface area contributed by atoms with E-state index in [4.69, 9.17) is 16.6 Å². The predicted molar refractivity (Wildman–Crippen MR) is 225 cm³/mol. The summed E-state index contributed by atoms with van der Waals surface area (Å²) in [4.78, 5) is 36.0. The van der Waals surface area contributed by atoms with Crippen molar-refractivity contribution in [2.75, 3.05) is 41.6 Å². The molecule has 0 aliphatic carbocycles. The second-order valence-corrected chi connectivity index (χ2v) is 16.9. The zero-order chi connectivity index (χ0) is 39.7. The summed E-state index contributed by atoms with van der Waals surface area (Å²) in [6.45, 7) is -0.696. The number of hydrogen-bond donors (Lipinski definition) is 7. The number of Topliss-reactive ketones (excluding diaryl/α,β-unsaturated/α-hetero) is 3. The summed E-state index contributed by atoms with van der Waals surface area (Å²) in [5.74, 6) is 3.58. The van der Waals surface area contributed by atoms with Crippen molar-refractivity contribution < 1.29 is 39.9 Å². The van der Waals surface area contributed by atoms with Crippen molar-refractivity contribution in [1.82, 2.24) is 0 Å². The van der Waals surface area contributed by atoms with Crippen molar-refractivity contribution in [3.05, 3.63) is 95.1 Å².